The Balaban J connectivity index is 1.96. The third-order valence-corrected chi connectivity index (χ3v) is 4.02. The van der Waals surface area contributed by atoms with Gasteiger partial charge in [-0.25, -0.2) is 4.99 Å². The van der Waals surface area contributed by atoms with Gasteiger partial charge in [0.2, 0.25) is 0 Å². The second-order valence-corrected chi connectivity index (χ2v) is 6.51. The van der Waals surface area contributed by atoms with Gasteiger partial charge in [-0.1, -0.05) is 12.8 Å². The fraction of sp³-hybridized carbons (Fsp3) is 0.923. The highest BCUT2D eigenvalue weighted by molar-refractivity contribution is 5.78. The molecule has 1 atom stereocenters. The van der Waals surface area contributed by atoms with Gasteiger partial charge in [0.1, 0.15) is 0 Å². The van der Waals surface area contributed by atoms with Crippen molar-refractivity contribution in [2.75, 3.05) is 0 Å². The molecule has 1 spiro atoms. The topological polar surface area (TPSA) is 50.4 Å². The van der Waals surface area contributed by atoms with Gasteiger partial charge in [-0.15, -0.1) is 0 Å². The van der Waals surface area contributed by atoms with Crippen molar-refractivity contribution in [3.8, 4) is 0 Å². The lowest BCUT2D eigenvalue weighted by molar-refractivity contribution is 0.104. The molecule has 0 aromatic rings. The summed E-state index contributed by atoms with van der Waals surface area (Å²) in [6, 6.07) is 0.491. The van der Waals surface area contributed by atoms with Gasteiger partial charge >= 0.3 is 0 Å². The van der Waals surface area contributed by atoms with Gasteiger partial charge in [-0.3, -0.25) is 0 Å². The van der Waals surface area contributed by atoms with E-state index >= 15 is 0 Å². The molecule has 3 nitrogen and oxygen atoms in total. The number of hydrogen-bond donors (Lipinski definition) is 2. The quantitative estimate of drug-likeness (QED) is 0.530. The van der Waals surface area contributed by atoms with Crippen LogP contribution in [-0.2, 0) is 0 Å². The molecule has 2 aliphatic rings. The van der Waals surface area contributed by atoms with Crippen LogP contribution in [0.25, 0.3) is 0 Å². The van der Waals surface area contributed by atoms with Crippen LogP contribution in [0, 0.1) is 5.41 Å². The molecule has 0 radical (unpaired) electrons. The first-order valence-corrected chi connectivity index (χ1v) is 6.53. The lowest BCUT2D eigenvalue weighted by Gasteiger charge is -2.45. The summed E-state index contributed by atoms with van der Waals surface area (Å²) >= 11 is 0. The summed E-state index contributed by atoms with van der Waals surface area (Å²) < 4.78 is 0. The van der Waals surface area contributed by atoms with Crippen LogP contribution in [0.1, 0.15) is 59.3 Å². The van der Waals surface area contributed by atoms with E-state index in [0.717, 1.165) is 0 Å². The Hall–Kier alpha value is -0.730. The third kappa shape index (κ3) is 2.33. The van der Waals surface area contributed by atoms with Gasteiger partial charge in [0.05, 0.1) is 6.04 Å². The molecule has 0 heterocycles. The Labute approximate surface area is 98.9 Å². The molecule has 0 amide bonds. The van der Waals surface area contributed by atoms with E-state index in [0.29, 0.717) is 17.4 Å². The van der Waals surface area contributed by atoms with Crippen LogP contribution in [0.4, 0.5) is 0 Å². The summed E-state index contributed by atoms with van der Waals surface area (Å²) in [7, 11) is 0. The van der Waals surface area contributed by atoms with Crippen LogP contribution in [0.15, 0.2) is 4.99 Å². The Morgan fingerprint density at radius 2 is 1.88 bits per heavy atom. The molecule has 2 saturated carbocycles. The van der Waals surface area contributed by atoms with Crippen LogP contribution in [0.2, 0.25) is 0 Å². The number of aliphatic imine (C=N–C) groups is 1. The molecular weight excluding hydrogens is 198 g/mol. The summed E-state index contributed by atoms with van der Waals surface area (Å²) in [6.07, 6.45) is 8.10. The Bertz CT molecular complexity index is 282. The van der Waals surface area contributed by atoms with Gasteiger partial charge in [-0.2, -0.15) is 0 Å². The molecule has 3 heteroatoms. The van der Waals surface area contributed by atoms with Crippen LogP contribution >= 0.6 is 0 Å². The predicted octanol–water partition coefficient (Wildman–Crippen LogP) is 2.41. The Morgan fingerprint density at radius 1 is 1.25 bits per heavy atom. The first-order valence-electron chi connectivity index (χ1n) is 6.53. The average molecular weight is 223 g/mol. The van der Waals surface area contributed by atoms with Crippen molar-refractivity contribution < 1.29 is 0 Å². The average Bonchev–Trinajstić information content (AvgIpc) is 2.60. The zero-order valence-corrected chi connectivity index (χ0v) is 10.8. The van der Waals surface area contributed by atoms with Crippen molar-refractivity contribution >= 4 is 5.96 Å². The summed E-state index contributed by atoms with van der Waals surface area (Å²) in [5, 5.41) is 3.25. The number of hydrogen-bond acceptors (Lipinski definition) is 1. The fourth-order valence-electron chi connectivity index (χ4n) is 3.13. The maximum atomic E-state index is 5.96. The zero-order valence-electron chi connectivity index (χ0n) is 10.8. The minimum absolute atomic E-state index is 0.0141. The maximum absolute atomic E-state index is 5.96. The van der Waals surface area contributed by atoms with E-state index in [1.165, 1.54) is 38.5 Å². The number of rotatable bonds is 1. The Morgan fingerprint density at radius 3 is 2.31 bits per heavy atom. The molecule has 1 unspecified atom stereocenters. The minimum Gasteiger partial charge on any atom is -0.370 e. The zero-order chi connectivity index (χ0) is 11.8. The molecule has 0 aromatic heterocycles. The van der Waals surface area contributed by atoms with Crippen LogP contribution in [-0.4, -0.2) is 17.5 Å². The molecule has 0 bridgehead atoms. The molecule has 3 N–H and O–H groups in total. The van der Waals surface area contributed by atoms with Gasteiger partial charge in [0, 0.05) is 5.54 Å². The first-order chi connectivity index (χ1) is 7.41. The SMILES string of the molecule is CC(C)(C)NC(N)=NC1CCC12CCCC2. The Kier molecular flexibility index (Phi) is 2.89. The molecule has 0 aliphatic heterocycles. The monoisotopic (exact) mass is 223 g/mol. The highest BCUT2D eigenvalue weighted by atomic mass is 15.1. The van der Waals surface area contributed by atoms with Crippen LogP contribution in [0.5, 0.6) is 0 Å². The second-order valence-electron chi connectivity index (χ2n) is 6.51. The summed E-state index contributed by atoms with van der Waals surface area (Å²) in [6.45, 7) is 6.34. The van der Waals surface area contributed by atoms with Crippen molar-refractivity contribution in [2.45, 2.75) is 70.9 Å². The van der Waals surface area contributed by atoms with Crippen LogP contribution < -0.4 is 11.1 Å². The summed E-state index contributed by atoms with van der Waals surface area (Å²) in [5.74, 6) is 0.628. The van der Waals surface area contributed by atoms with Gasteiger partial charge < -0.3 is 11.1 Å². The van der Waals surface area contributed by atoms with E-state index in [-0.39, 0.29) is 5.54 Å². The lowest BCUT2D eigenvalue weighted by atomic mass is 9.63. The van der Waals surface area contributed by atoms with E-state index in [1.54, 1.807) is 0 Å². The largest absolute Gasteiger partial charge is 0.370 e. The van der Waals surface area contributed by atoms with E-state index in [9.17, 15) is 0 Å². The molecule has 2 aliphatic carbocycles. The van der Waals surface area contributed by atoms with E-state index in [1.807, 2.05) is 0 Å². The normalized spacial score (nSPS) is 29.2. The molecule has 92 valence electrons. The van der Waals surface area contributed by atoms with Crippen LogP contribution in [0.3, 0.4) is 0 Å². The molecule has 2 rings (SSSR count). The number of nitrogens with zero attached hydrogens (tertiary/aromatic N) is 1. The summed E-state index contributed by atoms with van der Waals surface area (Å²) in [5.41, 5.74) is 6.51. The lowest BCUT2D eigenvalue weighted by Crippen LogP contribution is -2.48. The molecule has 2 fully saturated rings. The summed E-state index contributed by atoms with van der Waals surface area (Å²) in [4.78, 5) is 4.69. The van der Waals surface area contributed by atoms with Crippen molar-refractivity contribution in [1.82, 2.24) is 5.32 Å². The molecule has 0 saturated heterocycles. The van der Waals surface area contributed by atoms with E-state index < -0.39 is 0 Å². The highest BCUT2D eigenvalue weighted by Crippen LogP contribution is 2.54. The number of nitrogens with two attached hydrogens (primary N) is 1. The highest BCUT2D eigenvalue weighted by Gasteiger charge is 2.48. The fourth-order valence-corrected chi connectivity index (χ4v) is 3.13. The van der Waals surface area contributed by atoms with Gasteiger partial charge in [-0.05, 0) is 51.9 Å². The van der Waals surface area contributed by atoms with Crippen molar-refractivity contribution in [3.63, 3.8) is 0 Å². The molecular formula is C13H25N3. The van der Waals surface area contributed by atoms with Gasteiger partial charge in [0.25, 0.3) is 0 Å². The van der Waals surface area contributed by atoms with Gasteiger partial charge in [0.15, 0.2) is 5.96 Å². The molecule has 0 aromatic carbocycles. The van der Waals surface area contributed by atoms with Crippen molar-refractivity contribution in [1.29, 1.82) is 0 Å². The second kappa shape index (κ2) is 3.94. The van der Waals surface area contributed by atoms with Crippen molar-refractivity contribution in [2.24, 2.45) is 16.1 Å². The minimum atomic E-state index is 0.0141. The van der Waals surface area contributed by atoms with E-state index in [2.05, 4.69) is 31.1 Å². The number of nitrogens with one attached hydrogen (secondary N) is 1. The smallest absolute Gasteiger partial charge is 0.189 e. The maximum Gasteiger partial charge on any atom is 0.189 e. The molecule has 16 heavy (non-hydrogen) atoms. The van der Waals surface area contributed by atoms with Crippen molar-refractivity contribution in [3.05, 3.63) is 0 Å². The first kappa shape index (κ1) is 11.7. The third-order valence-electron chi connectivity index (χ3n) is 4.02. The predicted molar refractivity (Wildman–Crippen MR) is 68.4 cm³/mol. The standard InChI is InChI=1S/C13H25N3/c1-12(2,3)16-11(14)15-10-6-9-13(10)7-4-5-8-13/h10H,4-9H2,1-3H3,(H3,14,15,16). The van der Waals surface area contributed by atoms with E-state index in [4.69, 9.17) is 5.73 Å². The number of guanidine groups is 1.